The van der Waals surface area contributed by atoms with Crippen molar-refractivity contribution in [2.24, 2.45) is 5.92 Å². The van der Waals surface area contributed by atoms with E-state index in [-0.39, 0.29) is 29.2 Å². The molecular formula is C21H23N3O4S. The molecule has 8 heteroatoms. The number of benzene rings is 2. The van der Waals surface area contributed by atoms with Crippen LogP contribution in [0, 0.1) is 12.8 Å². The summed E-state index contributed by atoms with van der Waals surface area (Å²) < 4.78 is 27.4. The van der Waals surface area contributed by atoms with Crippen LogP contribution >= 0.6 is 0 Å². The van der Waals surface area contributed by atoms with Crippen molar-refractivity contribution < 1.29 is 18.0 Å². The maximum atomic E-state index is 12.7. The number of anilines is 2. The molecule has 0 bridgehead atoms. The second-order valence-electron chi connectivity index (χ2n) is 7.65. The minimum absolute atomic E-state index is 0.00973. The van der Waals surface area contributed by atoms with Crippen molar-refractivity contribution in [2.45, 2.75) is 37.1 Å². The summed E-state index contributed by atoms with van der Waals surface area (Å²) in [4.78, 5) is 26.8. The molecule has 2 amide bonds. The summed E-state index contributed by atoms with van der Waals surface area (Å²) in [6, 6.07) is 13.8. The van der Waals surface area contributed by atoms with Gasteiger partial charge in [-0.15, -0.1) is 0 Å². The molecule has 2 aliphatic rings. The fourth-order valence-corrected chi connectivity index (χ4v) is 4.68. The van der Waals surface area contributed by atoms with Gasteiger partial charge in [0.15, 0.2) is 0 Å². The molecule has 4 rings (SSSR count). The Hall–Kier alpha value is -2.71. The van der Waals surface area contributed by atoms with Crippen LogP contribution in [0.2, 0.25) is 0 Å². The van der Waals surface area contributed by atoms with Crippen molar-refractivity contribution in [3.05, 3.63) is 54.1 Å². The Morgan fingerprint density at radius 3 is 2.52 bits per heavy atom. The average Bonchev–Trinajstić information content (AvgIpc) is 3.40. The first-order chi connectivity index (χ1) is 13.8. The van der Waals surface area contributed by atoms with Gasteiger partial charge >= 0.3 is 0 Å². The van der Waals surface area contributed by atoms with Gasteiger partial charge in [-0.1, -0.05) is 23.8 Å². The summed E-state index contributed by atoms with van der Waals surface area (Å²) in [5.41, 5.74) is 2.27. The number of carbonyl (C=O) groups is 2. The van der Waals surface area contributed by atoms with Gasteiger partial charge in [-0.3, -0.25) is 9.59 Å². The molecule has 0 aromatic heterocycles. The van der Waals surface area contributed by atoms with E-state index >= 15 is 0 Å². The number of hydrogen-bond donors (Lipinski definition) is 2. The molecule has 7 nitrogen and oxygen atoms in total. The van der Waals surface area contributed by atoms with E-state index in [2.05, 4.69) is 10.0 Å². The number of amides is 2. The van der Waals surface area contributed by atoms with Crippen LogP contribution in [0.1, 0.15) is 24.8 Å². The van der Waals surface area contributed by atoms with E-state index in [1.807, 2.05) is 31.2 Å². The van der Waals surface area contributed by atoms with Crippen molar-refractivity contribution in [2.75, 3.05) is 16.8 Å². The fraction of sp³-hybridized carbons (Fsp3) is 0.333. The lowest BCUT2D eigenvalue weighted by Gasteiger charge is -2.17. The smallest absolute Gasteiger partial charge is 0.240 e. The van der Waals surface area contributed by atoms with Crippen molar-refractivity contribution in [1.29, 1.82) is 0 Å². The number of nitrogens with one attached hydrogen (secondary N) is 2. The first kappa shape index (κ1) is 19.6. The molecule has 0 radical (unpaired) electrons. The van der Waals surface area contributed by atoms with Crippen LogP contribution in [0.5, 0.6) is 0 Å². The van der Waals surface area contributed by atoms with Crippen LogP contribution < -0.4 is 14.9 Å². The Morgan fingerprint density at radius 1 is 1.10 bits per heavy atom. The van der Waals surface area contributed by atoms with Crippen LogP contribution in [0.15, 0.2) is 53.4 Å². The Bertz CT molecular complexity index is 1050. The molecule has 1 atom stereocenters. The standard InChI is InChI=1S/C21H23N3O4S/c1-14-5-9-18(10-6-14)24-13-15(11-20(24)25)21(26)22-17-3-2-4-19(12-17)29(27,28)23-16-7-8-16/h2-6,9-10,12,15-16,23H,7-8,11,13H2,1H3,(H,22,26). The zero-order valence-electron chi connectivity index (χ0n) is 16.1. The molecule has 2 fully saturated rings. The van der Waals surface area contributed by atoms with Gasteiger partial charge < -0.3 is 10.2 Å². The van der Waals surface area contributed by atoms with Gasteiger partial charge in [-0.2, -0.15) is 0 Å². The van der Waals surface area contributed by atoms with Gasteiger partial charge in [-0.25, -0.2) is 13.1 Å². The summed E-state index contributed by atoms with van der Waals surface area (Å²) in [7, 11) is -3.60. The average molecular weight is 413 g/mol. The highest BCUT2D eigenvalue weighted by Gasteiger charge is 2.35. The molecule has 2 N–H and O–H groups in total. The quantitative estimate of drug-likeness (QED) is 0.760. The highest BCUT2D eigenvalue weighted by Crippen LogP contribution is 2.27. The van der Waals surface area contributed by atoms with Crippen LogP contribution in [0.3, 0.4) is 0 Å². The Labute approximate surface area is 170 Å². The zero-order chi connectivity index (χ0) is 20.6. The van der Waals surface area contributed by atoms with Gasteiger partial charge in [0, 0.05) is 30.4 Å². The maximum Gasteiger partial charge on any atom is 0.240 e. The topological polar surface area (TPSA) is 95.6 Å². The first-order valence-corrected chi connectivity index (χ1v) is 11.1. The van der Waals surface area contributed by atoms with E-state index in [1.165, 1.54) is 12.1 Å². The van der Waals surface area contributed by atoms with E-state index in [0.29, 0.717) is 12.2 Å². The highest BCUT2D eigenvalue weighted by atomic mass is 32.2. The summed E-state index contributed by atoms with van der Waals surface area (Å²) in [5.74, 6) is -0.884. The molecule has 0 spiro atoms. The van der Waals surface area contributed by atoms with E-state index in [0.717, 1.165) is 24.1 Å². The predicted octanol–water partition coefficient (Wildman–Crippen LogP) is 2.43. The molecule has 2 aromatic carbocycles. The molecule has 1 heterocycles. The van der Waals surface area contributed by atoms with Crippen molar-refractivity contribution >= 4 is 33.2 Å². The molecule has 2 aromatic rings. The SMILES string of the molecule is Cc1ccc(N2CC(C(=O)Nc3cccc(S(=O)(=O)NC4CC4)c3)CC2=O)cc1. The van der Waals surface area contributed by atoms with E-state index in [4.69, 9.17) is 0 Å². The zero-order valence-corrected chi connectivity index (χ0v) is 16.9. The number of rotatable bonds is 6. The first-order valence-electron chi connectivity index (χ1n) is 9.62. The minimum atomic E-state index is -3.60. The number of carbonyl (C=O) groups excluding carboxylic acids is 2. The Morgan fingerprint density at radius 2 is 1.83 bits per heavy atom. The molecule has 152 valence electrons. The molecule has 1 aliphatic carbocycles. The molecule has 1 aliphatic heterocycles. The van der Waals surface area contributed by atoms with Gasteiger partial charge in [0.05, 0.1) is 10.8 Å². The number of sulfonamides is 1. The van der Waals surface area contributed by atoms with Crippen LogP contribution in [-0.4, -0.2) is 32.8 Å². The monoisotopic (exact) mass is 413 g/mol. The fourth-order valence-electron chi connectivity index (χ4n) is 3.33. The van der Waals surface area contributed by atoms with Crippen molar-refractivity contribution in [3.8, 4) is 0 Å². The largest absolute Gasteiger partial charge is 0.326 e. The number of aryl methyl sites for hydroxylation is 1. The van der Waals surface area contributed by atoms with Crippen LogP contribution in [0.4, 0.5) is 11.4 Å². The van der Waals surface area contributed by atoms with Crippen molar-refractivity contribution in [3.63, 3.8) is 0 Å². The lowest BCUT2D eigenvalue weighted by molar-refractivity contribution is -0.122. The minimum Gasteiger partial charge on any atom is -0.326 e. The third-order valence-corrected chi connectivity index (χ3v) is 6.67. The second-order valence-corrected chi connectivity index (χ2v) is 9.37. The van der Waals surface area contributed by atoms with Gasteiger partial charge in [-0.05, 0) is 50.1 Å². The predicted molar refractivity (Wildman–Crippen MR) is 110 cm³/mol. The molecular weight excluding hydrogens is 390 g/mol. The van der Waals surface area contributed by atoms with Gasteiger partial charge in [0.2, 0.25) is 21.8 Å². The van der Waals surface area contributed by atoms with Crippen molar-refractivity contribution in [1.82, 2.24) is 4.72 Å². The van der Waals surface area contributed by atoms with Gasteiger partial charge in [0.1, 0.15) is 0 Å². The van der Waals surface area contributed by atoms with Crippen LogP contribution in [0.25, 0.3) is 0 Å². The summed E-state index contributed by atoms with van der Waals surface area (Å²) >= 11 is 0. The molecule has 1 unspecified atom stereocenters. The summed E-state index contributed by atoms with van der Waals surface area (Å²) in [5, 5.41) is 2.76. The third kappa shape index (κ3) is 4.49. The number of hydrogen-bond acceptors (Lipinski definition) is 4. The molecule has 1 saturated carbocycles. The second kappa shape index (κ2) is 7.61. The number of nitrogens with zero attached hydrogens (tertiary/aromatic N) is 1. The highest BCUT2D eigenvalue weighted by molar-refractivity contribution is 7.89. The van der Waals surface area contributed by atoms with E-state index in [9.17, 15) is 18.0 Å². The van der Waals surface area contributed by atoms with Gasteiger partial charge in [0.25, 0.3) is 0 Å². The Kier molecular flexibility index (Phi) is 5.14. The molecule has 29 heavy (non-hydrogen) atoms. The van der Waals surface area contributed by atoms with Crippen LogP contribution in [-0.2, 0) is 19.6 Å². The summed E-state index contributed by atoms with van der Waals surface area (Å²) in [6.45, 7) is 2.27. The Balaban J connectivity index is 1.44. The van der Waals surface area contributed by atoms with E-state index < -0.39 is 15.9 Å². The maximum absolute atomic E-state index is 12.7. The normalized spacial score (nSPS) is 19.4. The third-order valence-electron chi connectivity index (χ3n) is 5.15. The lowest BCUT2D eigenvalue weighted by Crippen LogP contribution is -2.28. The summed E-state index contributed by atoms with van der Waals surface area (Å²) in [6.07, 6.45) is 1.83. The lowest BCUT2D eigenvalue weighted by atomic mass is 10.1. The van der Waals surface area contributed by atoms with E-state index in [1.54, 1.807) is 17.0 Å². The molecule has 1 saturated heterocycles.